The van der Waals surface area contributed by atoms with E-state index >= 15 is 0 Å². The Kier molecular flexibility index (Phi) is 1.51. The molecule has 2 aromatic rings. The van der Waals surface area contributed by atoms with Gasteiger partial charge in [0.1, 0.15) is 6.26 Å². The van der Waals surface area contributed by atoms with Crippen LogP contribution in [0.2, 0.25) is 0 Å². The Labute approximate surface area is 68.5 Å². The predicted molar refractivity (Wildman–Crippen MR) is 44.6 cm³/mol. The largest absolute Gasteiger partial charge is 0.444 e. The Morgan fingerprint density at radius 1 is 1.55 bits per heavy atom. The molecule has 0 aliphatic rings. The third-order valence-corrected chi connectivity index (χ3v) is 2.21. The molecule has 0 aliphatic heterocycles. The standard InChI is InChI=1S/C8H7NOS/c1-6-5-10-8(9-6)7-3-2-4-11-7/h2-5H,1H3. The van der Waals surface area contributed by atoms with Gasteiger partial charge in [0.25, 0.3) is 0 Å². The number of aromatic nitrogens is 1. The molecule has 0 aromatic carbocycles. The van der Waals surface area contributed by atoms with Crippen molar-refractivity contribution in [3.05, 3.63) is 29.5 Å². The van der Waals surface area contributed by atoms with Crippen LogP contribution in [0.15, 0.2) is 28.2 Å². The van der Waals surface area contributed by atoms with E-state index < -0.39 is 0 Å². The number of oxazole rings is 1. The smallest absolute Gasteiger partial charge is 0.236 e. The van der Waals surface area contributed by atoms with Gasteiger partial charge in [0.05, 0.1) is 10.6 Å². The van der Waals surface area contributed by atoms with Crippen molar-refractivity contribution >= 4 is 11.3 Å². The summed E-state index contributed by atoms with van der Waals surface area (Å²) in [7, 11) is 0. The molecular weight excluding hydrogens is 158 g/mol. The maximum absolute atomic E-state index is 5.21. The highest BCUT2D eigenvalue weighted by Gasteiger charge is 2.03. The number of nitrogens with zero attached hydrogens (tertiary/aromatic N) is 1. The molecular formula is C8H7NOS. The number of aryl methyl sites for hydroxylation is 1. The molecule has 0 radical (unpaired) electrons. The zero-order chi connectivity index (χ0) is 7.68. The molecule has 0 unspecified atom stereocenters. The van der Waals surface area contributed by atoms with Crippen molar-refractivity contribution in [1.29, 1.82) is 0 Å². The van der Waals surface area contributed by atoms with Gasteiger partial charge in [0.15, 0.2) is 0 Å². The minimum absolute atomic E-state index is 0.720. The van der Waals surface area contributed by atoms with Crippen molar-refractivity contribution in [1.82, 2.24) is 4.98 Å². The summed E-state index contributed by atoms with van der Waals surface area (Å²) in [5.41, 5.74) is 0.924. The molecule has 0 atom stereocenters. The van der Waals surface area contributed by atoms with Crippen molar-refractivity contribution in [2.75, 3.05) is 0 Å². The summed E-state index contributed by atoms with van der Waals surface area (Å²) >= 11 is 1.63. The van der Waals surface area contributed by atoms with Gasteiger partial charge in [0, 0.05) is 0 Å². The van der Waals surface area contributed by atoms with E-state index in [0.29, 0.717) is 0 Å². The van der Waals surface area contributed by atoms with Crippen molar-refractivity contribution in [3.63, 3.8) is 0 Å². The second-order valence-electron chi connectivity index (χ2n) is 2.27. The number of rotatable bonds is 1. The molecule has 0 N–H and O–H groups in total. The van der Waals surface area contributed by atoms with Crippen LogP contribution in [0.3, 0.4) is 0 Å². The second-order valence-corrected chi connectivity index (χ2v) is 3.22. The molecule has 2 aromatic heterocycles. The fraction of sp³-hybridized carbons (Fsp3) is 0.125. The van der Waals surface area contributed by atoms with Crippen LogP contribution < -0.4 is 0 Å². The Morgan fingerprint density at radius 3 is 3.00 bits per heavy atom. The maximum atomic E-state index is 5.21. The highest BCUT2D eigenvalue weighted by atomic mass is 32.1. The lowest BCUT2D eigenvalue weighted by Crippen LogP contribution is -1.70. The van der Waals surface area contributed by atoms with Crippen molar-refractivity contribution in [2.45, 2.75) is 6.92 Å². The molecule has 2 nitrogen and oxygen atoms in total. The highest BCUT2D eigenvalue weighted by molar-refractivity contribution is 7.13. The van der Waals surface area contributed by atoms with Gasteiger partial charge in [-0.15, -0.1) is 11.3 Å². The first-order valence-electron chi connectivity index (χ1n) is 3.32. The summed E-state index contributed by atoms with van der Waals surface area (Å²) < 4.78 is 5.21. The zero-order valence-electron chi connectivity index (χ0n) is 6.07. The van der Waals surface area contributed by atoms with Crippen LogP contribution in [0, 0.1) is 6.92 Å². The van der Waals surface area contributed by atoms with E-state index in [1.165, 1.54) is 0 Å². The van der Waals surface area contributed by atoms with E-state index in [1.54, 1.807) is 17.6 Å². The van der Waals surface area contributed by atoms with Crippen LogP contribution in [-0.2, 0) is 0 Å². The summed E-state index contributed by atoms with van der Waals surface area (Å²) in [6.45, 7) is 1.92. The third-order valence-electron chi connectivity index (χ3n) is 1.35. The van der Waals surface area contributed by atoms with Gasteiger partial charge in [0.2, 0.25) is 5.89 Å². The predicted octanol–water partition coefficient (Wildman–Crippen LogP) is 2.71. The van der Waals surface area contributed by atoms with Crippen molar-refractivity contribution in [2.24, 2.45) is 0 Å². The Hall–Kier alpha value is -1.09. The van der Waals surface area contributed by atoms with Gasteiger partial charge in [-0.1, -0.05) is 6.07 Å². The molecule has 2 rings (SSSR count). The quantitative estimate of drug-likeness (QED) is 0.649. The van der Waals surface area contributed by atoms with Crippen molar-refractivity contribution in [3.8, 4) is 10.8 Å². The van der Waals surface area contributed by atoms with Crippen LogP contribution in [0.5, 0.6) is 0 Å². The molecule has 0 bridgehead atoms. The Balaban J connectivity index is 2.45. The molecule has 0 fully saturated rings. The van der Waals surface area contributed by atoms with E-state index in [1.807, 2.05) is 24.4 Å². The van der Waals surface area contributed by atoms with E-state index in [2.05, 4.69) is 4.98 Å². The number of hydrogen-bond acceptors (Lipinski definition) is 3. The zero-order valence-corrected chi connectivity index (χ0v) is 6.89. The Bertz CT molecular complexity index is 337. The van der Waals surface area contributed by atoms with E-state index in [9.17, 15) is 0 Å². The van der Waals surface area contributed by atoms with Gasteiger partial charge in [-0.25, -0.2) is 4.98 Å². The summed E-state index contributed by atoms with van der Waals surface area (Å²) in [5.74, 6) is 0.720. The van der Waals surface area contributed by atoms with Crippen LogP contribution in [0.25, 0.3) is 10.8 Å². The molecule has 2 heterocycles. The molecule has 0 saturated heterocycles. The second kappa shape index (κ2) is 2.51. The summed E-state index contributed by atoms with van der Waals surface area (Å²) in [5, 5.41) is 2.01. The van der Waals surface area contributed by atoms with Crippen LogP contribution >= 0.6 is 11.3 Å². The molecule has 0 aliphatic carbocycles. The van der Waals surface area contributed by atoms with Crippen LogP contribution in [-0.4, -0.2) is 4.98 Å². The fourth-order valence-corrected chi connectivity index (χ4v) is 1.52. The van der Waals surface area contributed by atoms with E-state index in [4.69, 9.17) is 4.42 Å². The molecule has 11 heavy (non-hydrogen) atoms. The monoisotopic (exact) mass is 165 g/mol. The molecule has 0 spiro atoms. The first-order chi connectivity index (χ1) is 5.36. The fourth-order valence-electron chi connectivity index (χ4n) is 0.867. The number of hydrogen-bond donors (Lipinski definition) is 0. The van der Waals surface area contributed by atoms with Gasteiger partial charge >= 0.3 is 0 Å². The highest BCUT2D eigenvalue weighted by Crippen LogP contribution is 2.22. The third kappa shape index (κ3) is 1.19. The van der Waals surface area contributed by atoms with Gasteiger partial charge in [-0.3, -0.25) is 0 Å². The minimum atomic E-state index is 0.720. The number of thiophene rings is 1. The van der Waals surface area contributed by atoms with Gasteiger partial charge in [-0.2, -0.15) is 0 Å². The summed E-state index contributed by atoms with van der Waals surface area (Å²) in [6.07, 6.45) is 1.66. The van der Waals surface area contributed by atoms with Crippen LogP contribution in [0.4, 0.5) is 0 Å². The normalized spacial score (nSPS) is 10.3. The SMILES string of the molecule is Cc1coc(-c2cccs2)n1. The van der Waals surface area contributed by atoms with E-state index in [-0.39, 0.29) is 0 Å². The van der Waals surface area contributed by atoms with Gasteiger partial charge < -0.3 is 4.42 Å². The molecule has 56 valence electrons. The van der Waals surface area contributed by atoms with Crippen LogP contribution in [0.1, 0.15) is 5.69 Å². The van der Waals surface area contributed by atoms with Gasteiger partial charge in [-0.05, 0) is 18.4 Å². The Morgan fingerprint density at radius 2 is 2.45 bits per heavy atom. The van der Waals surface area contributed by atoms with Crippen molar-refractivity contribution < 1.29 is 4.42 Å². The van der Waals surface area contributed by atoms with E-state index in [0.717, 1.165) is 16.5 Å². The molecule has 0 saturated carbocycles. The lowest BCUT2D eigenvalue weighted by Gasteiger charge is -1.83. The molecule has 3 heteroatoms. The lowest BCUT2D eigenvalue weighted by molar-refractivity contribution is 0.575. The topological polar surface area (TPSA) is 26.0 Å². The maximum Gasteiger partial charge on any atom is 0.236 e. The first kappa shape index (κ1) is 6.61. The summed E-state index contributed by atoms with van der Waals surface area (Å²) in [6, 6.07) is 3.98. The molecule has 0 amide bonds. The average Bonchev–Trinajstić information content (AvgIpc) is 2.55. The average molecular weight is 165 g/mol. The minimum Gasteiger partial charge on any atom is -0.444 e. The summed E-state index contributed by atoms with van der Waals surface area (Å²) in [4.78, 5) is 5.28. The lowest BCUT2D eigenvalue weighted by atomic mass is 10.5. The first-order valence-corrected chi connectivity index (χ1v) is 4.20.